The van der Waals surface area contributed by atoms with E-state index in [1.54, 1.807) is 7.11 Å². The number of anilines is 1. The van der Waals surface area contributed by atoms with Gasteiger partial charge in [-0.2, -0.15) is 0 Å². The summed E-state index contributed by atoms with van der Waals surface area (Å²) in [7, 11) is 3.78. The number of hydrogen-bond donors (Lipinski definition) is 1. The first-order valence-electron chi connectivity index (χ1n) is 11.1. The van der Waals surface area contributed by atoms with Gasteiger partial charge < -0.3 is 23.9 Å². The molecule has 0 amide bonds. The van der Waals surface area contributed by atoms with E-state index in [0.29, 0.717) is 6.61 Å². The van der Waals surface area contributed by atoms with E-state index in [9.17, 15) is 0 Å². The Balaban J connectivity index is 1.23. The molecule has 7 heteroatoms. The maximum atomic E-state index is 6.63. The highest BCUT2D eigenvalue weighted by Gasteiger charge is 2.53. The molecule has 1 atom stereocenters. The second-order valence-electron chi connectivity index (χ2n) is 9.23. The molecule has 1 aromatic carbocycles. The van der Waals surface area contributed by atoms with Gasteiger partial charge in [0.05, 0.1) is 42.9 Å². The average molecular weight is 420 g/mol. The highest BCUT2D eigenvalue weighted by molar-refractivity contribution is 5.69. The van der Waals surface area contributed by atoms with Gasteiger partial charge in [-0.05, 0) is 37.1 Å². The van der Waals surface area contributed by atoms with E-state index in [1.165, 1.54) is 5.69 Å². The van der Waals surface area contributed by atoms with Crippen molar-refractivity contribution < 1.29 is 9.47 Å². The van der Waals surface area contributed by atoms with E-state index in [-0.39, 0.29) is 11.1 Å². The number of rotatable bonds is 3. The summed E-state index contributed by atoms with van der Waals surface area (Å²) in [5.74, 6) is 1.99. The molecule has 6 rings (SSSR count). The maximum absolute atomic E-state index is 6.63. The molecule has 2 spiro atoms. The molecule has 0 saturated carbocycles. The number of piperidine rings is 1. The van der Waals surface area contributed by atoms with Crippen LogP contribution in [-0.2, 0) is 23.9 Å². The monoisotopic (exact) mass is 419 g/mol. The van der Waals surface area contributed by atoms with Crippen LogP contribution in [0, 0.1) is 0 Å². The van der Waals surface area contributed by atoms with Crippen molar-refractivity contribution in [1.29, 1.82) is 0 Å². The number of likely N-dealkylation sites (tertiary alicyclic amines) is 1. The first-order chi connectivity index (χ1) is 15.1. The molecule has 3 aliphatic rings. The summed E-state index contributed by atoms with van der Waals surface area (Å²) in [5.41, 5.74) is 3.28. The lowest BCUT2D eigenvalue weighted by atomic mass is 9.79. The van der Waals surface area contributed by atoms with E-state index in [2.05, 4.69) is 61.8 Å². The number of methoxy groups -OCH3 is 1. The lowest BCUT2D eigenvalue weighted by molar-refractivity contribution is -0.0456. The summed E-state index contributed by atoms with van der Waals surface area (Å²) in [5, 5.41) is 3.86. The van der Waals surface area contributed by atoms with Crippen LogP contribution in [0.1, 0.15) is 30.8 Å². The largest absolute Gasteiger partial charge is 0.497 e. The molecule has 1 N–H and O–H groups in total. The Kier molecular flexibility index (Phi) is 4.20. The molecule has 2 fully saturated rings. The predicted octanol–water partition coefficient (Wildman–Crippen LogP) is 3.30. The van der Waals surface area contributed by atoms with Gasteiger partial charge in [-0.1, -0.05) is 0 Å². The Morgan fingerprint density at radius 3 is 2.84 bits per heavy atom. The van der Waals surface area contributed by atoms with Gasteiger partial charge in [-0.15, -0.1) is 0 Å². The zero-order valence-corrected chi connectivity index (χ0v) is 18.2. The predicted molar refractivity (Wildman–Crippen MR) is 119 cm³/mol. The molecule has 1 unspecified atom stereocenters. The molecule has 3 aliphatic heterocycles. The maximum Gasteiger partial charge on any atom is 0.122 e. The van der Waals surface area contributed by atoms with Crippen molar-refractivity contribution in [3.05, 3.63) is 60.4 Å². The minimum atomic E-state index is -0.204. The highest BCUT2D eigenvalue weighted by atomic mass is 16.5. The van der Waals surface area contributed by atoms with Crippen LogP contribution in [0.2, 0.25) is 0 Å². The first kappa shape index (κ1) is 19.0. The number of nitrogens with one attached hydrogen (secondary N) is 1. The first-order valence-corrected chi connectivity index (χ1v) is 11.1. The lowest BCUT2D eigenvalue weighted by Gasteiger charge is -2.41. The second kappa shape index (κ2) is 6.87. The zero-order valence-electron chi connectivity index (χ0n) is 18.2. The number of hydrogen-bond acceptors (Lipinski definition) is 5. The van der Waals surface area contributed by atoms with E-state index in [0.717, 1.165) is 61.8 Å². The second-order valence-corrected chi connectivity index (χ2v) is 9.23. The molecule has 2 aromatic heterocycles. The fraction of sp³-hybridized carbons (Fsp3) is 0.458. The summed E-state index contributed by atoms with van der Waals surface area (Å²) in [4.78, 5) is 6.99. The number of fused-ring (bicyclic) bond motifs is 4. The summed E-state index contributed by atoms with van der Waals surface area (Å²) < 4.78 is 16.5. The number of benzene rings is 1. The van der Waals surface area contributed by atoms with Crippen LogP contribution >= 0.6 is 0 Å². The van der Waals surface area contributed by atoms with Crippen LogP contribution in [-0.4, -0.2) is 51.4 Å². The van der Waals surface area contributed by atoms with E-state index in [1.807, 2.05) is 18.5 Å². The van der Waals surface area contributed by atoms with Crippen molar-refractivity contribution >= 4 is 5.69 Å². The van der Waals surface area contributed by atoms with Crippen molar-refractivity contribution in [3.8, 4) is 11.4 Å². The molecule has 2 saturated heterocycles. The Morgan fingerprint density at radius 1 is 1.19 bits per heavy atom. The Bertz CT molecular complexity index is 1110. The quantitative estimate of drug-likeness (QED) is 0.706. The molecule has 3 aromatic rings. The lowest BCUT2D eigenvalue weighted by Crippen LogP contribution is -2.46. The highest BCUT2D eigenvalue weighted by Crippen LogP contribution is 2.50. The van der Waals surface area contributed by atoms with E-state index >= 15 is 0 Å². The van der Waals surface area contributed by atoms with E-state index < -0.39 is 0 Å². The van der Waals surface area contributed by atoms with Crippen molar-refractivity contribution in [3.63, 3.8) is 0 Å². The number of aromatic nitrogens is 3. The minimum Gasteiger partial charge on any atom is -0.497 e. The molecule has 162 valence electrons. The van der Waals surface area contributed by atoms with Crippen molar-refractivity contribution in [2.75, 3.05) is 32.1 Å². The molecule has 0 bridgehead atoms. The van der Waals surface area contributed by atoms with Gasteiger partial charge in [0.1, 0.15) is 17.1 Å². The Hall–Kier alpha value is -2.77. The summed E-state index contributed by atoms with van der Waals surface area (Å²) in [6, 6.07) is 10.6. The molecule has 0 aliphatic carbocycles. The smallest absolute Gasteiger partial charge is 0.122 e. The van der Waals surface area contributed by atoms with Crippen LogP contribution in [0.3, 0.4) is 0 Å². The van der Waals surface area contributed by atoms with Gasteiger partial charge in [0, 0.05) is 51.2 Å². The molecular weight excluding hydrogens is 390 g/mol. The third-order valence-electron chi connectivity index (χ3n) is 7.38. The summed E-state index contributed by atoms with van der Waals surface area (Å²) >= 11 is 0. The van der Waals surface area contributed by atoms with Gasteiger partial charge in [-0.25, -0.2) is 4.98 Å². The standard InChI is InChI=1S/C24H29N5O2/c1-27-13-9-25-22(27)15-28-11-7-23(8-12-28)16-24(17-31-23)21-4-3-10-29(21)20-6-5-18(30-2)14-19(20)26-24/h3-6,9-10,13-14,26H,7-8,11-12,15-17H2,1-2H3. The number of aryl methyl sites for hydroxylation is 1. The Labute approximate surface area is 182 Å². The Morgan fingerprint density at radius 2 is 2.06 bits per heavy atom. The van der Waals surface area contributed by atoms with Crippen LogP contribution < -0.4 is 10.1 Å². The summed E-state index contributed by atoms with van der Waals surface area (Å²) in [6.07, 6.45) is 9.13. The molecule has 7 nitrogen and oxygen atoms in total. The SMILES string of the molecule is COc1ccc2c(c1)NC1(COC3(CCN(Cc4nccn4C)CC3)C1)c1cccn1-2. The average Bonchev–Trinajstić information content (AvgIpc) is 3.51. The third kappa shape index (κ3) is 2.98. The van der Waals surface area contributed by atoms with Crippen molar-refractivity contribution in [2.45, 2.75) is 36.9 Å². The van der Waals surface area contributed by atoms with Crippen LogP contribution in [0.4, 0.5) is 5.69 Å². The topological polar surface area (TPSA) is 56.5 Å². The fourth-order valence-electron chi connectivity index (χ4n) is 5.62. The van der Waals surface area contributed by atoms with Gasteiger partial charge in [-0.3, -0.25) is 4.90 Å². The number of imidazole rings is 1. The molecule has 0 radical (unpaired) electrons. The van der Waals surface area contributed by atoms with Crippen LogP contribution in [0.5, 0.6) is 5.75 Å². The summed E-state index contributed by atoms with van der Waals surface area (Å²) in [6.45, 7) is 3.66. The van der Waals surface area contributed by atoms with Gasteiger partial charge >= 0.3 is 0 Å². The molecular formula is C24H29N5O2. The van der Waals surface area contributed by atoms with Crippen molar-refractivity contribution in [1.82, 2.24) is 19.0 Å². The molecule has 31 heavy (non-hydrogen) atoms. The third-order valence-corrected chi connectivity index (χ3v) is 7.38. The zero-order chi connectivity index (χ0) is 21.1. The normalized spacial score (nSPS) is 24.2. The van der Waals surface area contributed by atoms with Gasteiger partial charge in [0.25, 0.3) is 0 Å². The van der Waals surface area contributed by atoms with Crippen molar-refractivity contribution in [2.24, 2.45) is 7.05 Å². The van der Waals surface area contributed by atoms with Gasteiger partial charge in [0.2, 0.25) is 0 Å². The number of nitrogens with zero attached hydrogens (tertiary/aromatic N) is 4. The van der Waals surface area contributed by atoms with Crippen LogP contribution in [0.15, 0.2) is 48.9 Å². The number of ether oxygens (including phenoxy) is 2. The van der Waals surface area contributed by atoms with E-state index in [4.69, 9.17) is 9.47 Å². The molecule has 5 heterocycles. The van der Waals surface area contributed by atoms with Crippen LogP contribution in [0.25, 0.3) is 5.69 Å². The fourth-order valence-corrected chi connectivity index (χ4v) is 5.62. The van der Waals surface area contributed by atoms with Gasteiger partial charge in [0.15, 0.2) is 0 Å². The minimum absolute atomic E-state index is 0.0728.